The molecular formula is C15H13FN2O2S. The van der Waals surface area contributed by atoms with Crippen LogP contribution in [0, 0.1) is 5.82 Å². The fourth-order valence-corrected chi connectivity index (χ4v) is 3.41. The summed E-state index contributed by atoms with van der Waals surface area (Å²) in [5, 5.41) is 0.534. The number of halogens is 1. The lowest BCUT2D eigenvalue weighted by Gasteiger charge is -2.08. The van der Waals surface area contributed by atoms with Crippen molar-refractivity contribution in [2.45, 2.75) is 0 Å². The van der Waals surface area contributed by atoms with Crippen LogP contribution in [-0.2, 0) is 10.0 Å². The standard InChI is InChI=1S/C15H13FN2O2S/c1-21(19,20)18-14-7-4-12(16)8-11(14)9-15(18)10-2-5-13(17)6-3-10/h2-9H,17H2,1H3. The normalized spacial score (nSPS) is 11.9. The smallest absolute Gasteiger partial charge is 0.236 e. The van der Waals surface area contributed by atoms with E-state index in [1.165, 1.54) is 22.2 Å². The van der Waals surface area contributed by atoms with Gasteiger partial charge in [0.1, 0.15) is 5.82 Å². The summed E-state index contributed by atoms with van der Waals surface area (Å²) in [6.45, 7) is 0. The van der Waals surface area contributed by atoms with Gasteiger partial charge in [0.15, 0.2) is 0 Å². The predicted molar refractivity (Wildman–Crippen MR) is 82.0 cm³/mol. The summed E-state index contributed by atoms with van der Waals surface area (Å²) in [6, 6.07) is 12.6. The van der Waals surface area contributed by atoms with Gasteiger partial charge in [-0.2, -0.15) is 0 Å². The van der Waals surface area contributed by atoms with E-state index in [9.17, 15) is 12.8 Å². The first-order chi connectivity index (χ1) is 9.86. The lowest BCUT2D eigenvalue weighted by Crippen LogP contribution is -2.11. The maximum Gasteiger partial charge on any atom is 0.236 e. The van der Waals surface area contributed by atoms with E-state index >= 15 is 0 Å². The molecule has 0 aliphatic carbocycles. The summed E-state index contributed by atoms with van der Waals surface area (Å²) in [5.41, 5.74) is 7.87. The van der Waals surface area contributed by atoms with Gasteiger partial charge in [-0.3, -0.25) is 0 Å². The molecule has 0 saturated heterocycles. The number of benzene rings is 2. The Kier molecular flexibility index (Phi) is 2.98. The third-order valence-electron chi connectivity index (χ3n) is 3.26. The number of nitrogen functional groups attached to an aromatic ring is 1. The van der Waals surface area contributed by atoms with E-state index in [1.54, 1.807) is 30.3 Å². The number of anilines is 1. The first kappa shape index (κ1) is 13.6. The van der Waals surface area contributed by atoms with Gasteiger partial charge in [0, 0.05) is 11.1 Å². The highest BCUT2D eigenvalue weighted by atomic mass is 32.2. The summed E-state index contributed by atoms with van der Waals surface area (Å²) in [6.07, 6.45) is 1.12. The van der Waals surface area contributed by atoms with Crippen molar-refractivity contribution >= 4 is 26.6 Å². The van der Waals surface area contributed by atoms with Gasteiger partial charge in [0.05, 0.1) is 17.5 Å². The molecule has 0 radical (unpaired) electrons. The molecule has 2 aromatic carbocycles. The van der Waals surface area contributed by atoms with Crippen LogP contribution < -0.4 is 5.73 Å². The second-order valence-electron chi connectivity index (χ2n) is 4.88. The molecule has 108 valence electrons. The quantitative estimate of drug-likeness (QED) is 0.740. The number of rotatable bonds is 2. The average molecular weight is 304 g/mol. The Bertz CT molecular complexity index is 928. The molecule has 4 nitrogen and oxygen atoms in total. The Hall–Kier alpha value is -2.34. The van der Waals surface area contributed by atoms with Gasteiger partial charge in [-0.1, -0.05) is 12.1 Å². The van der Waals surface area contributed by atoms with E-state index in [0.29, 0.717) is 27.8 Å². The highest BCUT2D eigenvalue weighted by Gasteiger charge is 2.18. The van der Waals surface area contributed by atoms with Gasteiger partial charge >= 0.3 is 0 Å². The molecule has 3 rings (SSSR count). The number of nitrogens with two attached hydrogens (primary N) is 1. The topological polar surface area (TPSA) is 65.1 Å². The van der Waals surface area contributed by atoms with Gasteiger partial charge in [-0.25, -0.2) is 16.8 Å². The van der Waals surface area contributed by atoms with Crippen LogP contribution in [0.2, 0.25) is 0 Å². The molecule has 2 N–H and O–H groups in total. The summed E-state index contributed by atoms with van der Waals surface area (Å²) in [4.78, 5) is 0. The number of aromatic nitrogens is 1. The lowest BCUT2D eigenvalue weighted by atomic mass is 10.1. The molecule has 0 atom stereocenters. The van der Waals surface area contributed by atoms with Gasteiger partial charge in [-0.15, -0.1) is 0 Å². The molecule has 0 unspecified atom stereocenters. The number of hydrogen-bond donors (Lipinski definition) is 1. The van der Waals surface area contributed by atoms with Crippen molar-refractivity contribution in [2.75, 3.05) is 12.0 Å². The zero-order valence-corrected chi connectivity index (χ0v) is 12.1. The third kappa shape index (κ3) is 2.38. The van der Waals surface area contributed by atoms with Crippen LogP contribution >= 0.6 is 0 Å². The molecule has 1 heterocycles. The van der Waals surface area contributed by atoms with Gasteiger partial charge < -0.3 is 5.73 Å². The van der Waals surface area contributed by atoms with E-state index < -0.39 is 15.8 Å². The monoisotopic (exact) mass is 304 g/mol. The SMILES string of the molecule is CS(=O)(=O)n1c(-c2ccc(N)cc2)cc2cc(F)ccc21. The first-order valence-electron chi connectivity index (χ1n) is 6.24. The van der Waals surface area contributed by atoms with Crippen molar-refractivity contribution in [1.29, 1.82) is 0 Å². The maximum atomic E-state index is 13.4. The van der Waals surface area contributed by atoms with E-state index in [1.807, 2.05) is 0 Å². The highest BCUT2D eigenvalue weighted by Crippen LogP contribution is 2.30. The molecule has 0 saturated carbocycles. The van der Waals surface area contributed by atoms with Gasteiger partial charge in [0.25, 0.3) is 0 Å². The minimum absolute atomic E-state index is 0.406. The Balaban J connectivity index is 2.38. The van der Waals surface area contributed by atoms with E-state index in [0.717, 1.165) is 6.26 Å². The van der Waals surface area contributed by atoms with E-state index in [2.05, 4.69) is 0 Å². The van der Waals surface area contributed by atoms with Crippen LogP contribution in [0.4, 0.5) is 10.1 Å². The molecule has 0 aliphatic heterocycles. The van der Waals surface area contributed by atoms with Crippen LogP contribution in [0.1, 0.15) is 0 Å². The Morgan fingerprint density at radius 3 is 2.33 bits per heavy atom. The van der Waals surface area contributed by atoms with Crippen LogP contribution in [0.3, 0.4) is 0 Å². The third-order valence-corrected chi connectivity index (χ3v) is 4.31. The molecule has 6 heteroatoms. The van der Waals surface area contributed by atoms with Crippen LogP contribution in [0.25, 0.3) is 22.2 Å². The molecular weight excluding hydrogens is 291 g/mol. The molecule has 0 spiro atoms. The predicted octanol–water partition coefficient (Wildman–Crippen LogP) is 2.84. The fraction of sp³-hybridized carbons (Fsp3) is 0.0667. The van der Waals surface area contributed by atoms with E-state index in [-0.39, 0.29) is 0 Å². The van der Waals surface area contributed by atoms with Crippen molar-refractivity contribution in [1.82, 2.24) is 3.97 Å². The van der Waals surface area contributed by atoms with Crippen molar-refractivity contribution in [3.63, 3.8) is 0 Å². The minimum atomic E-state index is -3.52. The van der Waals surface area contributed by atoms with Crippen molar-refractivity contribution < 1.29 is 12.8 Å². The zero-order valence-electron chi connectivity index (χ0n) is 11.2. The molecule has 0 fully saturated rings. The molecule has 0 amide bonds. The Morgan fingerprint density at radius 2 is 1.71 bits per heavy atom. The second-order valence-corrected chi connectivity index (χ2v) is 6.71. The summed E-state index contributed by atoms with van der Waals surface area (Å²) in [5.74, 6) is -0.406. The number of hydrogen-bond acceptors (Lipinski definition) is 3. The molecule has 1 aromatic heterocycles. The largest absolute Gasteiger partial charge is 0.399 e. The van der Waals surface area contributed by atoms with Crippen molar-refractivity contribution in [3.8, 4) is 11.3 Å². The maximum absolute atomic E-state index is 13.4. The summed E-state index contributed by atoms with van der Waals surface area (Å²) >= 11 is 0. The van der Waals surface area contributed by atoms with E-state index in [4.69, 9.17) is 5.73 Å². The molecule has 21 heavy (non-hydrogen) atoms. The van der Waals surface area contributed by atoms with Crippen LogP contribution in [-0.4, -0.2) is 18.6 Å². The molecule has 3 aromatic rings. The molecule has 0 bridgehead atoms. The fourth-order valence-electron chi connectivity index (χ4n) is 2.37. The average Bonchev–Trinajstić information content (AvgIpc) is 2.77. The highest BCUT2D eigenvalue weighted by molar-refractivity contribution is 7.89. The van der Waals surface area contributed by atoms with Gasteiger partial charge in [0.2, 0.25) is 10.0 Å². The van der Waals surface area contributed by atoms with Crippen molar-refractivity contribution in [3.05, 3.63) is 54.3 Å². The Labute approximate surface area is 121 Å². The molecule has 0 aliphatic rings. The lowest BCUT2D eigenvalue weighted by molar-refractivity contribution is 0.595. The van der Waals surface area contributed by atoms with Gasteiger partial charge in [-0.05, 0) is 42.0 Å². The first-order valence-corrected chi connectivity index (χ1v) is 8.08. The Morgan fingerprint density at radius 1 is 1.05 bits per heavy atom. The number of nitrogens with zero attached hydrogens (tertiary/aromatic N) is 1. The van der Waals surface area contributed by atoms with Crippen molar-refractivity contribution in [2.24, 2.45) is 0 Å². The van der Waals surface area contributed by atoms with Crippen LogP contribution in [0.5, 0.6) is 0 Å². The summed E-state index contributed by atoms with van der Waals surface area (Å²) < 4.78 is 38.8. The summed E-state index contributed by atoms with van der Waals surface area (Å²) in [7, 11) is -3.52. The zero-order chi connectivity index (χ0) is 15.2. The minimum Gasteiger partial charge on any atom is -0.399 e. The number of fused-ring (bicyclic) bond motifs is 1. The van der Waals surface area contributed by atoms with Crippen LogP contribution in [0.15, 0.2) is 48.5 Å². The second kappa shape index (κ2) is 4.60.